The molecule has 0 atom stereocenters. The van der Waals surface area contributed by atoms with Gasteiger partial charge in [-0.1, -0.05) is 6.07 Å². The zero-order valence-electron chi connectivity index (χ0n) is 9.97. The number of nitrogens with zero attached hydrogens (tertiary/aromatic N) is 1. The Hall–Kier alpha value is -2.04. The van der Waals surface area contributed by atoms with Crippen molar-refractivity contribution < 1.29 is 14.3 Å². The molecular weight excluding hydrogens is 220 g/mol. The summed E-state index contributed by atoms with van der Waals surface area (Å²) in [6, 6.07) is 5.55. The molecule has 1 aromatic carbocycles. The van der Waals surface area contributed by atoms with E-state index < -0.39 is 0 Å². The van der Waals surface area contributed by atoms with Crippen molar-refractivity contribution >= 4 is 12.2 Å². The summed E-state index contributed by atoms with van der Waals surface area (Å²) in [5.41, 5.74) is 6.02. The molecule has 0 unspecified atom stereocenters. The van der Waals surface area contributed by atoms with Crippen LogP contribution < -0.4 is 15.2 Å². The van der Waals surface area contributed by atoms with Crippen LogP contribution >= 0.6 is 0 Å². The molecule has 0 aliphatic rings. The molecule has 0 heterocycles. The van der Waals surface area contributed by atoms with Crippen molar-refractivity contribution in [2.24, 2.45) is 10.7 Å². The zero-order valence-corrected chi connectivity index (χ0v) is 9.97. The quantitative estimate of drug-likeness (QED) is 0.614. The van der Waals surface area contributed by atoms with Crippen molar-refractivity contribution in [3.63, 3.8) is 0 Å². The second-order valence-corrected chi connectivity index (χ2v) is 3.36. The number of ether oxygens (including phenoxy) is 2. The monoisotopic (exact) mass is 236 g/mol. The van der Waals surface area contributed by atoms with Crippen LogP contribution in [0, 0.1) is 0 Å². The molecule has 2 N–H and O–H groups in total. The fourth-order valence-electron chi connectivity index (χ4n) is 1.44. The van der Waals surface area contributed by atoms with Crippen molar-refractivity contribution in [1.82, 2.24) is 0 Å². The molecule has 1 rings (SSSR count). The van der Waals surface area contributed by atoms with E-state index in [0.29, 0.717) is 24.3 Å². The topological polar surface area (TPSA) is 73.9 Å². The number of aliphatic imine (C=N–C) groups is 1. The molecule has 1 amide bonds. The number of amides is 1. The molecular formula is C12H16N2O3. The second kappa shape index (κ2) is 6.52. The van der Waals surface area contributed by atoms with E-state index >= 15 is 0 Å². The van der Waals surface area contributed by atoms with E-state index in [9.17, 15) is 4.79 Å². The first-order valence-corrected chi connectivity index (χ1v) is 5.19. The van der Waals surface area contributed by atoms with Crippen molar-refractivity contribution in [2.45, 2.75) is 12.8 Å². The number of hydrogen-bond donors (Lipinski definition) is 1. The number of carbonyl (C=O) groups excluding carboxylic acids is 1. The molecule has 0 radical (unpaired) electrons. The van der Waals surface area contributed by atoms with Gasteiger partial charge in [0.2, 0.25) is 5.91 Å². The summed E-state index contributed by atoms with van der Waals surface area (Å²) in [7, 11) is 3.16. The highest BCUT2D eigenvalue weighted by molar-refractivity contribution is 5.83. The number of nitrogens with two attached hydrogens (primary N) is 1. The first-order chi connectivity index (χ1) is 8.21. The van der Waals surface area contributed by atoms with E-state index in [1.807, 2.05) is 18.2 Å². The largest absolute Gasteiger partial charge is 0.493 e. The Balaban J connectivity index is 2.69. The van der Waals surface area contributed by atoms with Gasteiger partial charge >= 0.3 is 0 Å². The van der Waals surface area contributed by atoms with Gasteiger partial charge in [0.1, 0.15) is 0 Å². The Morgan fingerprint density at radius 3 is 2.65 bits per heavy atom. The fraction of sp³-hybridized carbons (Fsp3) is 0.333. The average Bonchev–Trinajstić information content (AvgIpc) is 2.36. The van der Waals surface area contributed by atoms with Gasteiger partial charge in [-0.2, -0.15) is 0 Å². The number of carbonyl (C=O) groups is 1. The number of methoxy groups -OCH3 is 2. The highest BCUT2D eigenvalue weighted by Crippen LogP contribution is 2.27. The number of aryl methyl sites for hydroxylation is 1. The van der Waals surface area contributed by atoms with Crippen LogP contribution in [0.5, 0.6) is 11.5 Å². The summed E-state index contributed by atoms with van der Waals surface area (Å²) in [5, 5.41) is 0. The molecule has 0 bridgehead atoms. The van der Waals surface area contributed by atoms with Crippen molar-refractivity contribution in [1.29, 1.82) is 0 Å². The molecule has 0 fully saturated rings. The van der Waals surface area contributed by atoms with E-state index in [2.05, 4.69) is 4.99 Å². The predicted octanol–water partition coefficient (Wildman–Crippen LogP) is 1.15. The molecule has 5 nitrogen and oxygen atoms in total. The summed E-state index contributed by atoms with van der Waals surface area (Å²) in [4.78, 5) is 14.6. The molecule has 0 saturated heterocycles. The molecule has 92 valence electrons. The minimum Gasteiger partial charge on any atom is -0.493 e. The van der Waals surface area contributed by atoms with Crippen molar-refractivity contribution in [3.05, 3.63) is 23.8 Å². The maximum absolute atomic E-state index is 11.2. The number of rotatable bonds is 5. The normalized spacial score (nSPS) is 10.5. The zero-order chi connectivity index (χ0) is 12.7. The van der Waals surface area contributed by atoms with Gasteiger partial charge in [0.05, 0.1) is 20.6 Å². The Morgan fingerprint density at radius 1 is 1.35 bits per heavy atom. The molecule has 5 heteroatoms. The molecule has 0 aliphatic carbocycles. The van der Waals surface area contributed by atoms with Gasteiger partial charge in [-0.15, -0.1) is 0 Å². The maximum atomic E-state index is 11.2. The van der Waals surface area contributed by atoms with Gasteiger partial charge in [0.25, 0.3) is 0 Å². The third-order valence-electron chi connectivity index (χ3n) is 2.29. The lowest BCUT2D eigenvalue weighted by atomic mass is 10.1. The van der Waals surface area contributed by atoms with Crippen molar-refractivity contribution in [2.75, 3.05) is 14.2 Å². The van der Waals surface area contributed by atoms with E-state index in [1.54, 1.807) is 14.2 Å². The lowest BCUT2D eigenvalue weighted by molar-refractivity contribution is -0.117. The average molecular weight is 236 g/mol. The summed E-state index contributed by atoms with van der Waals surface area (Å²) in [6.45, 7) is 0. The molecule has 17 heavy (non-hydrogen) atoms. The van der Waals surface area contributed by atoms with Crippen LogP contribution in [-0.2, 0) is 11.2 Å². The molecule has 1 aromatic rings. The van der Waals surface area contributed by atoms with Crippen LogP contribution in [0.3, 0.4) is 0 Å². The Kier molecular flexibility index (Phi) is 5.00. The smallest absolute Gasteiger partial charge is 0.247 e. The molecule has 0 saturated carbocycles. The lowest BCUT2D eigenvalue weighted by Crippen LogP contribution is -2.00. The highest BCUT2D eigenvalue weighted by atomic mass is 16.5. The summed E-state index contributed by atoms with van der Waals surface area (Å²) in [5.74, 6) is 1.09. The van der Waals surface area contributed by atoms with Gasteiger partial charge in [-0.3, -0.25) is 4.79 Å². The SMILES string of the molecule is COc1ccc(CCC(=O)N=CN)cc1OC. The number of benzene rings is 1. The lowest BCUT2D eigenvalue weighted by Gasteiger charge is -2.08. The standard InChI is InChI=1S/C12H16N2O3/c1-16-10-5-3-9(7-11(10)17-2)4-6-12(15)14-8-13/h3,5,7-8H,4,6H2,1-2H3,(H2,13,14,15). The van der Waals surface area contributed by atoms with Gasteiger partial charge in [-0.25, -0.2) is 4.99 Å². The number of hydrogen-bond acceptors (Lipinski definition) is 3. The van der Waals surface area contributed by atoms with Gasteiger partial charge in [0, 0.05) is 6.42 Å². The first kappa shape index (κ1) is 13.0. The summed E-state index contributed by atoms with van der Waals surface area (Å²) >= 11 is 0. The van der Waals surface area contributed by atoms with E-state index in [1.165, 1.54) is 0 Å². The maximum Gasteiger partial charge on any atom is 0.247 e. The fourth-order valence-corrected chi connectivity index (χ4v) is 1.44. The summed E-state index contributed by atoms with van der Waals surface area (Å²) < 4.78 is 10.3. The van der Waals surface area contributed by atoms with Crippen LogP contribution in [0.1, 0.15) is 12.0 Å². The van der Waals surface area contributed by atoms with Gasteiger partial charge in [0.15, 0.2) is 11.5 Å². The van der Waals surface area contributed by atoms with Crippen LogP contribution in [0.15, 0.2) is 23.2 Å². The Bertz CT molecular complexity index is 416. The second-order valence-electron chi connectivity index (χ2n) is 3.36. The third-order valence-corrected chi connectivity index (χ3v) is 2.29. The highest BCUT2D eigenvalue weighted by Gasteiger charge is 2.06. The minimum atomic E-state index is -0.234. The van der Waals surface area contributed by atoms with Crippen molar-refractivity contribution in [3.8, 4) is 11.5 Å². The van der Waals surface area contributed by atoms with Crippen LogP contribution in [0.2, 0.25) is 0 Å². The third kappa shape index (κ3) is 3.79. The minimum absolute atomic E-state index is 0.234. The van der Waals surface area contributed by atoms with Crippen LogP contribution in [-0.4, -0.2) is 26.5 Å². The van der Waals surface area contributed by atoms with Gasteiger partial charge < -0.3 is 15.2 Å². The van der Waals surface area contributed by atoms with E-state index in [4.69, 9.17) is 15.2 Å². The van der Waals surface area contributed by atoms with E-state index in [-0.39, 0.29) is 5.91 Å². The molecule has 0 aromatic heterocycles. The Morgan fingerprint density at radius 2 is 2.06 bits per heavy atom. The van der Waals surface area contributed by atoms with Gasteiger partial charge in [-0.05, 0) is 24.1 Å². The predicted molar refractivity (Wildman–Crippen MR) is 65.6 cm³/mol. The van der Waals surface area contributed by atoms with Crippen LogP contribution in [0.25, 0.3) is 0 Å². The Labute approximate surface area is 100 Å². The summed E-state index contributed by atoms with van der Waals surface area (Å²) in [6.07, 6.45) is 1.93. The molecule has 0 aliphatic heterocycles. The van der Waals surface area contributed by atoms with E-state index in [0.717, 1.165) is 11.9 Å². The van der Waals surface area contributed by atoms with Crippen LogP contribution in [0.4, 0.5) is 0 Å². The first-order valence-electron chi connectivity index (χ1n) is 5.19. The molecule has 0 spiro atoms.